The van der Waals surface area contributed by atoms with E-state index in [-0.39, 0.29) is 6.10 Å². The quantitative estimate of drug-likeness (QED) is 0.785. The standard InChI is InChI=1S/C24H31N5O/c1-17(2)30-19-8-6-18(7-9-19)15-26-23-21(14-25)20-10-13-28(3)16-22(20)24(27-23)29-11-4-5-12-29/h6-9,17H,4-5,10-13,15-16H2,1-3H3,(H,26,27). The van der Waals surface area contributed by atoms with Gasteiger partial charge in [-0.2, -0.15) is 5.26 Å². The first-order valence-corrected chi connectivity index (χ1v) is 10.9. The lowest BCUT2D eigenvalue weighted by molar-refractivity contribution is 0.242. The van der Waals surface area contributed by atoms with Crippen LogP contribution in [0.3, 0.4) is 0 Å². The fraction of sp³-hybridized carbons (Fsp3) is 0.500. The summed E-state index contributed by atoms with van der Waals surface area (Å²) in [6.07, 6.45) is 3.48. The summed E-state index contributed by atoms with van der Waals surface area (Å²) in [5, 5.41) is 13.4. The van der Waals surface area contributed by atoms with Crippen LogP contribution >= 0.6 is 0 Å². The van der Waals surface area contributed by atoms with Crippen molar-refractivity contribution < 1.29 is 4.74 Å². The second kappa shape index (κ2) is 8.93. The number of anilines is 2. The summed E-state index contributed by atoms with van der Waals surface area (Å²) in [5.41, 5.74) is 4.26. The molecule has 0 amide bonds. The Bertz CT molecular complexity index is 926. The van der Waals surface area contributed by atoms with Crippen LogP contribution < -0.4 is 15.0 Å². The minimum absolute atomic E-state index is 0.162. The Morgan fingerprint density at radius 1 is 1.13 bits per heavy atom. The summed E-state index contributed by atoms with van der Waals surface area (Å²) in [7, 11) is 2.14. The number of ether oxygens (including phenoxy) is 1. The van der Waals surface area contributed by atoms with Crippen molar-refractivity contribution in [2.24, 2.45) is 0 Å². The van der Waals surface area contributed by atoms with E-state index in [0.717, 1.165) is 49.7 Å². The molecule has 0 spiro atoms. The highest BCUT2D eigenvalue weighted by molar-refractivity contribution is 5.67. The van der Waals surface area contributed by atoms with Crippen molar-refractivity contribution in [3.8, 4) is 11.8 Å². The van der Waals surface area contributed by atoms with Crippen molar-refractivity contribution in [3.05, 3.63) is 46.5 Å². The van der Waals surface area contributed by atoms with Gasteiger partial charge in [-0.05, 0) is 63.4 Å². The van der Waals surface area contributed by atoms with Crippen molar-refractivity contribution >= 4 is 11.6 Å². The van der Waals surface area contributed by atoms with E-state index in [1.807, 2.05) is 26.0 Å². The molecule has 0 bridgehead atoms. The average molecular weight is 406 g/mol. The van der Waals surface area contributed by atoms with E-state index in [1.165, 1.54) is 24.0 Å². The maximum Gasteiger partial charge on any atom is 0.146 e. The highest BCUT2D eigenvalue weighted by Crippen LogP contribution is 2.34. The lowest BCUT2D eigenvalue weighted by Crippen LogP contribution is -2.31. The normalized spacial score (nSPS) is 16.4. The third-order valence-electron chi connectivity index (χ3n) is 5.83. The largest absolute Gasteiger partial charge is 0.491 e. The molecule has 1 aromatic heterocycles. The lowest BCUT2D eigenvalue weighted by Gasteiger charge is -2.31. The number of aromatic nitrogens is 1. The minimum Gasteiger partial charge on any atom is -0.491 e. The maximum atomic E-state index is 9.94. The van der Waals surface area contributed by atoms with Gasteiger partial charge in [0, 0.05) is 38.3 Å². The number of pyridine rings is 1. The van der Waals surface area contributed by atoms with Gasteiger partial charge < -0.3 is 19.9 Å². The van der Waals surface area contributed by atoms with Crippen LogP contribution in [-0.4, -0.2) is 42.7 Å². The first-order valence-electron chi connectivity index (χ1n) is 10.9. The van der Waals surface area contributed by atoms with Crippen LogP contribution in [0, 0.1) is 11.3 Å². The maximum absolute atomic E-state index is 9.94. The van der Waals surface area contributed by atoms with E-state index < -0.39 is 0 Å². The lowest BCUT2D eigenvalue weighted by atomic mass is 9.95. The van der Waals surface area contributed by atoms with Gasteiger partial charge in [0.05, 0.1) is 11.7 Å². The number of hydrogen-bond donors (Lipinski definition) is 1. The SMILES string of the molecule is CC(C)Oc1ccc(CNc2nc(N3CCCC3)c3c(c2C#N)CCN(C)C3)cc1. The zero-order valence-electron chi connectivity index (χ0n) is 18.2. The van der Waals surface area contributed by atoms with Crippen LogP contribution in [0.5, 0.6) is 5.75 Å². The number of fused-ring (bicyclic) bond motifs is 1. The summed E-state index contributed by atoms with van der Waals surface area (Å²) in [6.45, 7) is 8.61. The molecule has 6 nitrogen and oxygen atoms in total. The summed E-state index contributed by atoms with van der Waals surface area (Å²) in [6, 6.07) is 10.6. The van der Waals surface area contributed by atoms with E-state index in [1.54, 1.807) is 0 Å². The Kier molecular flexibility index (Phi) is 6.10. The highest BCUT2D eigenvalue weighted by Gasteiger charge is 2.27. The molecular weight excluding hydrogens is 374 g/mol. The summed E-state index contributed by atoms with van der Waals surface area (Å²) in [4.78, 5) is 9.70. The van der Waals surface area contributed by atoms with E-state index in [0.29, 0.717) is 17.9 Å². The van der Waals surface area contributed by atoms with Gasteiger partial charge in [0.2, 0.25) is 0 Å². The summed E-state index contributed by atoms with van der Waals surface area (Å²) in [5.74, 6) is 2.65. The van der Waals surface area contributed by atoms with Crippen molar-refractivity contribution in [3.63, 3.8) is 0 Å². The second-order valence-electron chi connectivity index (χ2n) is 8.57. The molecule has 30 heavy (non-hydrogen) atoms. The molecule has 1 N–H and O–H groups in total. The smallest absolute Gasteiger partial charge is 0.146 e. The number of rotatable bonds is 6. The third kappa shape index (κ3) is 4.36. The molecule has 1 fully saturated rings. The van der Waals surface area contributed by atoms with Crippen LogP contribution in [-0.2, 0) is 19.5 Å². The topological polar surface area (TPSA) is 64.4 Å². The van der Waals surface area contributed by atoms with E-state index in [9.17, 15) is 5.26 Å². The molecule has 3 heterocycles. The predicted octanol–water partition coefficient (Wildman–Crippen LogP) is 3.94. The highest BCUT2D eigenvalue weighted by atomic mass is 16.5. The molecule has 2 aliphatic heterocycles. The molecule has 6 heteroatoms. The van der Waals surface area contributed by atoms with Gasteiger partial charge in [-0.25, -0.2) is 4.98 Å². The fourth-order valence-electron chi connectivity index (χ4n) is 4.33. The molecule has 158 valence electrons. The fourth-order valence-corrected chi connectivity index (χ4v) is 4.33. The minimum atomic E-state index is 0.162. The number of likely N-dealkylation sites (N-methyl/N-ethyl adjacent to an activating group) is 1. The van der Waals surface area contributed by atoms with Crippen molar-refractivity contribution in [2.45, 2.75) is 52.3 Å². The zero-order chi connectivity index (χ0) is 21.1. The average Bonchev–Trinajstić information content (AvgIpc) is 3.26. The van der Waals surface area contributed by atoms with Crippen molar-refractivity contribution in [1.82, 2.24) is 9.88 Å². The Morgan fingerprint density at radius 2 is 1.87 bits per heavy atom. The van der Waals surface area contributed by atoms with E-state index in [2.05, 4.69) is 40.4 Å². The predicted molar refractivity (Wildman–Crippen MR) is 120 cm³/mol. The molecular formula is C24H31N5O. The molecule has 0 atom stereocenters. The van der Waals surface area contributed by atoms with E-state index >= 15 is 0 Å². The van der Waals surface area contributed by atoms with Gasteiger partial charge in [0.25, 0.3) is 0 Å². The molecule has 0 radical (unpaired) electrons. The van der Waals surface area contributed by atoms with Gasteiger partial charge in [-0.1, -0.05) is 12.1 Å². The monoisotopic (exact) mass is 405 g/mol. The Hall–Kier alpha value is -2.78. The van der Waals surface area contributed by atoms with Crippen LogP contribution in [0.2, 0.25) is 0 Å². The van der Waals surface area contributed by atoms with Crippen LogP contribution in [0.25, 0.3) is 0 Å². The van der Waals surface area contributed by atoms with Gasteiger partial charge in [0.1, 0.15) is 23.5 Å². The van der Waals surface area contributed by atoms with Gasteiger partial charge in [-0.15, -0.1) is 0 Å². The van der Waals surface area contributed by atoms with Gasteiger partial charge >= 0.3 is 0 Å². The van der Waals surface area contributed by atoms with Gasteiger partial charge in [0.15, 0.2) is 0 Å². The summed E-state index contributed by atoms with van der Waals surface area (Å²) < 4.78 is 5.73. The third-order valence-corrected chi connectivity index (χ3v) is 5.83. The molecule has 0 unspecified atom stereocenters. The number of benzene rings is 1. The molecule has 2 aliphatic rings. The Morgan fingerprint density at radius 3 is 2.53 bits per heavy atom. The van der Waals surface area contributed by atoms with Crippen LogP contribution in [0.15, 0.2) is 24.3 Å². The second-order valence-corrected chi connectivity index (χ2v) is 8.57. The van der Waals surface area contributed by atoms with Crippen molar-refractivity contribution in [2.75, 3.05) is 36.9 Å². The number of nitrogens with one attached hydrogen (secondary N) is 1. The van der Waals surface area contributed by atoms with E-state index in [4.69, 9.17) is 9.72 Å². The number of nitriles is 1. The van der Waals surface area contributed by atoms with Crippen LogP contribution in [0.4, 0.5) is 11.6 Å². The zero-order valence-corrected chi connectivity index (χ0v) is 18.2. The molecule has 2 aromatic rings. The Balaban J connectivity index is 1.61. The van der Waals surface area contributed by atoms with Crippen molar-refractivity contribution in [1.29, 1.82) is 5.26 Å². The number of hydrogen-bond acceptors (Lipinski definition) is 6. The summed E-state index contributed by atoms with van der Waals surface area (Å²) >= 11 is 0. The Labute approximate surface area is 179 Å². The molecule has 1 aromatic carbocycles. The van der Waals surface area contributed by atoms with Crippen LogP contribution in [0.1, 0.15) is 48.9 Å². The molecule has 4 rings (SSSR count). The number of nitrogens with zero attached hydrogens (tertiary/aromatic N) is 4. The molecule has 1 saturated heterocycles. The van der Waals surface area contributed by atoms with Gasteiger partial charge in [-0.3, -0.25) is 0 Å². The molecule has 0 saturated carbocycles. The molecule has 0 aliphatic carbocycles. The first-order chi connectivity index (χ1) is 14.5. The first kappa shape index (κ1) is 20.5.